The number of rotatable bonds is 26. The maximum absolute atomic E-state index is 10.8. The van der Waals surface area contributed by atoms with Crippen molar-refractivity contribution in [2.24, 2.45) is 10.8 Å². The zero-order valence-electron chi connectivity index (χ0n) is 23.4. The first-order valence-corrected chi connectivity index (χ1v) is 17.0. The van der Waals surface area contributed by atoms with Gasteiger partial charge in [0, 0.05) is 13.2 Å². The number of phosphoric acid groups is 2. The minimum absolute atomic E-state index is 0.0493. The highest BCUT2D eigenvalue weighted by Gasteiger charge is 2.25. The van der Waals surface area contributed by atoms with Gasteiger partial charge in [-0.2, -0.15) is 0 Å². The summed E-state index contributed by atoms with van der Waals surface area (Å²) in [5.41, 5.74) is 0.325. The van der Waals surface area contributed by atoms with Crippen LogP contribution in [0.4, 0.5) is 0 Å². The second kappa shape index (κ2) is 19.9. The highest BCUT2D eigenvalue weighted by atomic mass is 31.2. The molecule has 0 rings (SSSR count). The van der Waals surface area contributed by atoms with Crippen LogP contribution in [0.3, 0.4) is 0 Å². The monoisotopic (exact) mass is 572 g/mol. The third-order valence-electron chi connectivity index (χ3n) is 7.79. The van der Waals surface area contributed by atoms with Crippen LogP contribution in [0.1, 0.15) is 117 Å². The zero-order valence-corrected chi connectivity index (χ0v) is 25.2. The van der Waals surface area contributed by atoms with Crippen molar-refractivity contribution in [2.45, 2.75) is 117 Å². The molecule has 0 radical (unpaired) electrons. The smallest absolute Gasteiger partial charge is 0.381 e. The van der Waals surface area contributed by atoms with Crippen molar-refractivity contribution in [1.82, 2.24) is 0 Å². The summed E-state index contributed by atoms with van der Waals surface area (Å²) >= 11 is 0. The molecular formula is C26H54O9P2. The quantitative estimate of drug-likeness (QED) is 0.0477. The molecule has 0 saturated carbocycles. The molecular weight excluding hydrogens is 518 g/mol. The van der Waals surface area contributed by atoms with Crippen molar-refractivity contribution < 1.29 is 42.5 Å². The Morgan fingerprint density at radius 3 is 1.32 bits per heavy atom. The average Bonchev–Trinajstić information content (AvgIpc) is 2.83. The Labute approximate surface area is 225 Å². The van der Waals surface area contributed by atoms with Crippen LogP contribution in [0.2, 0.25) is 0 Å². The lowest BCUT2D eigenvalue weighted by Gasteiger charge is -2.32. The van der Waals surface area contributed by atoms with Gasteiger partial charge < -0.3 is 24.3 Å². The standard InChI is InChI=1S/C26H54O9P2/c1-5-25(6-2,19-11-15-23-34-36(27,28)29)17-9-13-21-33-22-14-10-18-26(7-3,8-4)20-12-16-24-35-37(30,31)32/h5H,1,6-24H2,2-4H3,(H2,27,28,29)(H2,30,31,32). The zero-order chi connectivity index (χ0) is 28.3. The van der Waals surface area contributed by atoms with Crippen LogP contribution in [-0.2, 0) is 22.9 Å². The molecule has 0 aromatic carbocycles. The van der Waals surface area contributed by atoms with Gasteiger partial charge in [0.1, 0.15) is 0 Å². The molecule has 1 unspecified atom stereocenters. The normalized spacial score (nSPS) is 14.6. The molecule has 0 aliphatic heterocycles. The third-order valence-corrected chi connectivity index (χ3v) is 8.82. The van der Waals surface area contributed by atoms with E-state index in [1.807, 2.05) is 6.08 Å². The van der Waals surface area contributed by atoms with Crippen LogP contribution in [0.5, 0.6) is 0 Å². The van der Waals surface area contributed by atoms with Gasteiger partial charge >= 0.3 is 15.6 Å². The fraction of sp³-hybridized carbons (Fsp3) is 0.923. The number of ether oxygens (including phenoxy) is 1. The number of phosphoric ester groups is 2. The summed E-state index contributed by atoms with van der Waals surface area (Å²) in [6.07, 6.45) is 16.6. The molecule has 0 amide bonds. The second-order valence-corrected chi connectivity index (χ2v) is 12.7. The van der Waals surface area contributed by atoms with E-state index in [1.165, 1.54) is 0 Å². The molecule has 9 nitrogen and oxygen atoms in total. The largest absolute Gasteiger partial charge is 0.469 e. The predicted octanol–water partition coefficient (Wildman–Crippen LogP) is 7.29. The molecule has 1 atom stereocenters. The van der Waals surface area contributed by atoms with Gasteiger partial charge in [-0.1, -0.05) is 65.4 Å². The van der Waals surface area contributed by atoms with Crippen molar-refractivity contribution in [3.63, 3.8) is 0 Å². The molecule has 0 bridgehead atoms. The number of hydrogen-bond acceptors (Lipinski definition) is 5. The molecule has 11 heteroatoms. The second-order valence-electron chi connectivity index (χ2n) is 10.2. The molecule has 4 N–H and O–H groups in total. The van der Waals surface area contributed by atoms with E-state index in [0.717, 1.165) is 96.7 Å². The molecule has 0 fully saturated rings. The topological polar surface area (TPSA) is 143 Å². The first kappa shape index (κ1) is 36.9. The Morgan fingerprint density at radius 2 is 1.00 bits per heavy atom. The van der Waals surface area contributed by atoms with E-state index in [2.05, 4.69) is 36.4 Å². The summed E-state index contributed by atoms with van der Waals surface area (Å²) < 4.78 is 36.5. The molecule has 0 aromatic rings. The molecule has 37 heavy (non-hydrogen) atoms. The molecule has 0 spiro atoms. The van der Waals surface area contributed by atoms with E-state index in [1.54, 1.807) is 0 Å². The lowest BCUT2D eigenvalue weighted by molar-refractivity contribution is 0.116. The first-order valence-electron chi connectivity index (χ1n) is 14.0. The van der Waals surface area contributed by atoms with E-state index < -0.39 is 15.6 Å². The van der Waals surface area contributed by atoms with Crippen LogP contribution >= 0.6 is 15.6 Å². The van der Waals surface area contributed by atoms with Crippen molar-refractivity contribution in [1.29, 1.82) is 0 Å². The lowest BCUT2D eigenvalue weighted by atomic mass is 9.74. The van der Waals surface area contributed by atoms with Gasteiger partial charge in [-0.05, 0) is 68.6 Å². The van der Waals surface area contributed by atoms with Crippen LogP contribution in [-0.4, -0.2) is 46.0 Å². The summed E-state index contributed by atoms with van der Waals surface area (Å²) in [7, 11) is -8.74. The van der Waals surface area contributed by atoms with Gasteiger partial charge in [0.2, 0.25) is 0 Å². The lowest BCUT2D eigenvalue weighted by Crippen LogP contribution is -2.19. The number of unbranched alkanes of at least 4 members (excludes halogenated alkanes) is 4. The van der Waals surface area contributed by atoms with Gasteiger partial charge in [0.05, 0.1) is 13.2 Å². The fourth-order valence-electron chi connectivity index (χ4n) is 4.94. The Bertz CT molecular complexity index is 673. The van der Waals surface area contributed by atoms with Gasteiger partial charge in [-0.25, -0.2) is 9.13 Å². The summed E-state index contributed by atoms with van der Waals surface area (Å²) in [6, 6.07) is 0. The van der Waals surface area contributed by atoms with E-state index in [9.17, 15) is 9.13 Å². The molecule has 0 aromatic heterocycles. The third kappa shape index (κ3) is 19.6. The van der Waals surface area contributed by atoms with E-state index in [-0.39, 0.29) is 24.0 Å². The van der Waals surface area contributed by atoms with Crippen LogP contribution in [0.15, 0.2) is 12.7 Å². The van der Waals surface area contributed by atoms with Crippen molar-refractivity contribution >= 4 is 15.6 Å². The summed E-state index contributed by atoms with van der Waals surface area (Å²) in [5, 5.41) is 0. The minimum atomic E-state index is -4.38. The maximum Gasteiger partial charge on any atom is 0.469 e. The Kier molecular flexibility index (Phi) is 19.9. The number of allylic oxidation sites excluding steroid dienone is 1. The van der Waals surface area contributed by atoms with Gasteiger partial charge in [-0.15, -0.1) is 6.58 Å². The molecule has 0 aliphatic rings. The van der Waals surface area contributed by atoms with E-state index >= 15 is 0 Å². The molecule has 0 saturated heterocycles. The SMILES string of the molecule is C=CC(CC)(CCCCOCCCCC(CC)(CC)CCCCOP(=O)(O)O)CCCCOP(=O)(O)O. The van der Waals surface area contributed by atoms with Crippen molar-refractivity contribution in [3.8, 4) is 0 Å². The highest BCUT2D eigenvalue weighted by Crippen LogP contribution is 2.40. The highest BCUT2D eigenvalue weighted by molar-refractivity contribution is 7.46. The average molecular weight is 573 g/mol. The Morgan fingerprint density at radius 1 is 0.622 bits per heavy atom. The molecule has 222 valence electrons. The van der Waals surface area contributed by atoms with Gasteiger partial charge in [0.25, 0.3) is 0 Å². The van der Waals surface area contributed by atoms with Crippen LogP contribution < -0.4 is 0 Å². The summed E-state index contributed by atoms with van der Waals surface area (Å²) in [6.45, 7) is 12.3. The van der Waals surface area contributed by atoms with Crippen molar-refractivity contribution in [3.05, 3.63) is 12.7 Å². The van der Waals surface area contributed by atoms with Crippen LogP contribution in [0, 0.1) is 10.8 Å². The van der Waals surface area contributed by atoms with Crippen LogP contribution in [0.25, 0.3) is 0 Å². The molecule has 0 aliphatic carbocycles. The minimum Gasteiger partial charge on any atom is -0.381 e. The van der Waals surface area contributed by atoms with Crippen molar-refractivity contribution in [2.75, 3.05) is 26.4 Å². The Hall–Kier alpha value is -0.0800. The fourth-order valence-corrected chi connectivity index (χ4v) is 5.68. The van der Waals surface area contributed by atoms with Gasteiger partial charge in [0.15, 0.2) is 0 Å². The summed E-state index contributed by atoms with van der Waals surface area (Å²) in [4.78, 5) is 35.1. The van der Waals surface area contributed by atoms with E-state index in [0.29, 0.717) is 12.8 Å². The molecule has 0 heterocycles. The van der Waals surface area contributed by atoms with Gasteiger partial charge in [-0.3, -0.25) is 9.05 Å². The summed E-state index contributed by atoms with van der Waals surface area (Å²) in [5.74, 6) is 0. The predicted molar refractivity (Wildman–Crippen MR) is 148 cm³/mol. The Balaban J connectivity index is 4.06. The maximum atomic E-state index is 10.8. The van der Waals surface area contributed by atoms with E-state index in [4.69, 9.17) is 24.3 Å². The number of hydrogen-bond donors (Lipinski definition) is 4. The first-order chi connectivity index (χ1) is 17.4.